The number of H-pyrrole nitrogens is 1. The van der Waals surface area contributed by atoms with E-state index in [0.29, 0.717) is 6.07 Å². The maximum absolute atomic E-state index is 12.5. The van der Waals surface area contributed by atoms with Crippen LogP contribution in [0.4, 0.5) is 8.78 Å². The van der Waals surface area contributed by atoms with Gasteiger partial charge in [-0.25, -0.2) is 13.6 Å². The van der Waals surface area contributed by atoms with E-state index in [1.165, 1.54) is 0 Å². The summed E-state index contributed by atoms with van der Waals surface area (Å²) < 4.78 is 25.1. The summed E-state index contributed by atoms with van der Waals surface area (Å²) in [5.41, 5.74) is 2.66. The minimum Gasteiger partial charge on any atom is -0.478 e. The molecule has 0 aliphatic rings. The number of alkyl halides is 2. The molecule has 0 unspecified atom stereocenters. The summed E-state index contributed by atoms with van der Waals surface area (Å²) in [6.07, 6.45) is -2.99. The van der Waals surface area contributed by atoms with E-state index in [-0.39, 0.29) is 12.2 Å². The Morgan fingerprint density at radius 3 is 2.60 bits per heavy atom. The molecule has 0 bridgehead atoms. The second kappa shape index (κ2) is 4.18. The van der Waals surface area contributed by atoms with Crippen molar-refractivity contribution in [3.8, 4) is 0 Å². The summed E-state index contributed by atoms with van der Waals surface area (Å²) in [6, 6.07) is 0.614. The van der Waals surface area contributed by atoms with Crippen molar-refractivity contribution in [2.75, 3.05) is 0 Å². The number of hydrogen-bond donors (Lipinski definition) is 3. The Morgan fingerprint density at radius 2 is 2.20 bits per heavy atom. The third-order valence-corrected chi connectivity index (χ3v) is 1.82. The number of halogens is 2. The zero-order valence-electron chi connectivity index (χ0n) is 7.46. The lowest BCUT2D eigenvalue weighted by Gasteiger charge is -2.09. The summed E-state index contributed by atoms with van der Waals surface area (Å²) >= 11 is 0. The molecule has 0 aromatic carbocycles. The second-order valence-corrected chi connectivity index (χ2v) is 2.75. The average Bonchev–Trinajstić information content (AvgIpc) is 2.15. The fourth-order valence-electron chi connectivity index (χ4n) is 1.21. The van der Waals surface area contributed by atoms with Crippen molar-refractivity contribution in [2.45, 2.75) is 13.0 Å². The highest BCUT2D eigenvalue weighted by atomic mass is 19.3. The van der Waals surface area contributed by atoms with Crippen molar-refractivity contribution in [3.63, 3.8) is 0 Å². The highest BCUT2D eigenvalue weighted by Crippen LogP contribution is 2.24. The van der Waals surface area contributed by atoms with Gasteiger partial charge >= 0.3 is 5.97 Å². The molecule has 4 N–H and O–H groups in total. The Kier molecular flexibility index (Phi) is 3.15. The van der Waals surface area contributed by atoms with Gasteiger partial charge in [0.05, 0.1) is 11.1 Å². The number of aromatic carboxylic acids is 1. The van der Waals surface area contributed by atoms with Crippen LogP contribution in [0, 0.1) is 0 Å². The molecule has 1 heterocycles. The number of aromatic amines is 1. The van der Waals surface area contributed by atoms with E-state index in [0.717, 1.165) is 0 Å². The highest BCUT2D eigenvalue weighted by molar-refractivity contribution is 5.89. The van der Waals surface area contributed by atoms with Gasteiger partial charge in [0.15, 0.2) is 0 Å². The second-order valence-electron chi connectivity index (χ2n) is 2.75. The van der Waals surface area contributed by atoms with Crippen LogP contribution in [-0.4, -0.2) is 16.1 Å². The first kappa shape index (κ1) is 11.3. The molecular weight excluding hydrogens is 210 g/mol. The van der Waals surface area contributed by atoms with Crippen molar-refractivity contribution >= 4 is 5.97 Å². The molecule has 7 heteroatoms. The van der Waals surface area contributed by atoms with Gasteiger partial charge in [0.2, 0.25) is 5.56 Å². The van der Waals surface area contributed by atoms with Crippen molar-refractivity contribution in [2.24, 2.45) is 5.73 Å². The van der Waals surface area contributed by atoms with Crippen LogP contribution in [0.15, 0.2) is 10.9 Å². The molecule has 5 nitrogen and oxygen atoms in total. The first-order valence-corrected chi connectivity index (χ1v) is 3.95. The van der Waals surface area contributed by atoms with Crippen LogP contribution in [0.1, 0.15) is 28.0 Å². The van der Waals surface area contributed by atoms with Gasteiger partial charge in [-0.1, -0.05) is 0 Å². The van der Waals surface area contributed by atoms with Crippen LogP contribution in [0.3, 0.4) is 0 Å². The molecule has 0 saturated heterocycles. The minimum atomic E-state index is -2.99. The van der Waals surface area contributed by atoms with Gasteiger partial charge < -0.3 is 15.8 Å². The van der Waals surface area contributed by atoms with Gasteiger partial charge in [-0.2, -0.15) is 0 Å². The summed E-state index contributed by atoms with van der Waals surface area (Å²) in [6.45, 7) is -0.351. The van der Waals surface area contributed by atoms with E-state index < -0.39 is 29.1 Å². The van der Waals surface area contributed by atoms with Crippen LogP contribution in [0.2, 0.25) is 0 Å². The normalized spacial score (nSPS) is 10.7. The maximum atomic E-state index is 12.5. The lowest BCUT2D eigenvalue weighted by atomic mass is 10.1. The summed E-state index contributed by atoms with van der Waals surface area (Å²) in [4.78, 5) is 23.6. The van der Waals surface area contributed by atoms with Gasteiger partial charge in [0, 0.05) is 18.3 Å². The van der Waals surface area contributed by atoms with E-state index in [2.05, 4.69) is 4.98 Å². The molecule has 15 heavy (non-hydrogen) atoms. The third kappa shape index (κ3) is 2.18. The Balaban J connectivity index is 3.54. The Hall–Kier alpha value is -1.76. The zero-order chi connectivity index (χ0) is 11.6. The fourth-order valence-corrected chi connectivity index (χ4v) is 1.21. The number of nitrogens with one attached hydrogen (secondary N) is 1. The molecule has 0 fully saturated rings. The molecule has 0 aliphatic heterocycles. The van der Waals surface area contributed by atoms with Crippen molar-refractivity contribution in [1.29, 1.82) is 0 Å². The molecule has 0 spiro atoms. The SMILES string of the molecule is NCc1[nH]c(=O)cc(C(=O)O)c1C(F)F. The molecule has 0 atom stereocenters. The van der Waals surface area contributed by atoms with E-state index in [1.807, 2.05) is 0 Å². The Labute approximate surface area is 82.5 Å². The molecule has 0 saturated carbocycles. The van der Waals surface area contributed by atoms with Gasteiger partial charge in [0.1, 0.15) is 0 Å². The van der Waals surface area contributed by atoms with E-state index in [9.17, 15) is 18.4 Å². The van der Waals surface area contributed by atoms with Gasteiger partial charge in [0.25, 0.3) is 6.43 Å². The van der Waals surface area contributed by atoms with Crippen LogP contribution in [0.5, 0.6) is 0 Å². The molecule has 82 valence electrons. The van der Waals surface area contributed by atoms with Crippen molar-refractivity contribution < 1.29 is 18.7 Å². The molecule has 1 aromatic rings. The molecule has 0 aliphatic carbocycles. The maximum Gasteiger partial charge on any atom is 0.336 e. The van der Waals surface area contributed by atoms with E-state index in [1.54, 1.807) is 0 Å². The van der Waals surface area contributed by atoms with Gasteiger partial charge in [-0.05, 0) is 0 Å². The largest absolute Gasteiger partial charge is 0.478 e. The van der Waals surface area contributed by atoms with Crippen LogP contribution in [0.25, 0.3) is 0 Å². The smallest absolute Gasteiger partial charge is 0.336 e. The number of carbonyl (C=O) groups is 1. The monoisotopic (exact) mass is 218 g/mol. The lowest BCUT2D eigenvalue weighted by molar-refractivity contribution is 0.0683. The van der Waals surface area contributed by atoms with E-state index >= 15 is 0 Å². The molecule has 0 amide bonds. The predicted molar refractivity (Wildman–Crippen MR) is 46.9 cm³/mol. The minimum absolute atomic E-state index is 0.255. The molecule has 1 aromatic heterocycles. The number of aromatic nitrogens is 1. The fraction of sp³-hybridized carbons (Fsp3) is 0.250. The van der Waals surface area contributed by atoms with Crippen LogP contribution in [-0.2, 0) is 6.54 Å². The summed E-state index contributed by atoms with van der Waals surface area (Å²) in [5, 5.41) is 8.63. The summed E-state index contributed by atoms with van der Waals surface area (Å²) in [5.74, 6) is -1.58. The Morgan fingerprint density at radius 1 is 1.60 bits per heavy atom. The van der Waals surface area contributed by atoms with E-state index in [4.69, 9.17) is 10.8 Å². The predicted octanol–water partition coefficient (Wildman–Crippen LogP) is 0.469. The number of hydrogen-bond acceptors (Lipinski definition) is 3. The zero-order valence-corrected chi connectivity index (χ0v) is 7.46. The molecule has 0 radical (unpaired) electrons. The molecular formula is C8H8F2N2O3. The quantitative estimate of drug-likeness (QED) is 0.687. The van der Waals surface area contributed by atoms with Crippen LogP contribution < -0.4 is 11.3 Å². The van der Waals surface area contributed by atoms with Crippen molar-refractivity contribution in [1.82, 2.24) is 4.98 Å². The van der Waals surface area contributed by atoms with Crippen LogP contribution >= 0.6 is 0 Å². The first-order valence-electron chi connectivity index (χ1n) is 3.95. The van der Waals surface area contributed by atoms with Gasteiger partial charge in [-0.15, -0.1) is 0 Å². The number of carboxylic acid groups (broad SMARTS) is 1. The first-order chi connectivity index (χ1) is 6.97. The highest BCUT2D eigenvalue weighted by Gasteiger charge is 2.22. The number of carboxylic acids is 1. The number of pyridine rings is 1. The standard InChI is InChI=1S/C8H8F2N2O3/c9-7(10)6-3(8(14)15)1-5(13)12-4(6)2-11/h1,7H,2,11H2,(H,12,13)(H,14,15). The third-order valence-electron chi connectivity index (χ3n) is 1.82. The average molecular weight is 218 g/mol. The summed E-state index contributed by atoms with van der Waals surface area (Å²) in [7, 11) is 0. The Bertz CT molecular complexity index is 442. The molecule has 1 rings (SSSR count). The van der Waals surface area contributed by atoms with Crippen molar-refractivity contribution in [3.05, 3.63) is 33.2 Å². The van der Waals surface area contributed by atoms with Gasteiger partial charge in [-0.3, -0.25) is 4.79 Å². The topological polar surface area (TPSA) is 96.2 Å². The lowest BCUT2D eigenvalue weighted by Crippen LogP contribution is -2.19. The number of rotatable bonds is 3. The number of nitrogens with two attached hydrogens (primary N) is 1.